The third-order valence-electron chi connectivity index (χ3n) is 3.03. The minimum atomic E-state index is -3.50. The summed E-state index contributed by atoms with van der Waals surface area (Å²) >= 11 is 3.03. The number of hydrogen-bond acceptors (Lipinski definition) is 2. The number of nitrogens with one attached hydrogen (secondary N) is 1. The predicted molar refractivity (Wildman–Crippen MR) is 86.4 cm³/mol. The van der Waals surface area contributed by atoms with Crippen molar-refractivity contribution in [1.29, 1.82) is 0 Å². The minimum Gasteiger partial charge on any atom is -0.283 e. The van der Waals surface area contributed by atoms with Crippen LogP contribution >= 0.6 is 15.9 Å². The Morgan fingerprint density at radius 2 is 1.86 bits per heavy atom. The SMILES string of the molecule is CC(CS(=O)(=O)Nc1ccc(F)c(Br)c1)c1ccccc1. The average Bonchev–Trinajstić information content (AvgIpc) is 2.43. The van der Waals surface area contributed by atoms with Crippen LogP contribution in [0.15, 0.2) is 53.0 Å². The fraction of sp³-hybridized carbons (Fsp3) is 0.200. The molecule has 1 atom stereocenters. The van der Waals surface area contributed by atoms with Crippen molar-refractivity contribution >= 4 is 31.6 Å². The summed E-state index contributed by atoms with van der Waals surface area (Å²) in [5, 5.41) is 0. The molecule has 0 bridgehead atoms. The lowest BCUT2D eigenvalue weighted by Crippen LogP contribution is -2.20. The van der Waals surface area contributed by atoms with Gasteiger partial charge in [0.1, 0.15) is 5.82 Å². The number of halogens is 2. The highest BCUT2D eigenvalue weighted by molar-refractivity contribution is 9.10. The van der Waals surface area contributed by atoms with Gasteiger partial charge in [-0.25, -0.2) is 12.8 Å². The molecule has 0 radical (unpaired) electrons. The summed E-state index contributed by atoms with van der Waals surface area (Å²) in [4.78, 5) is 0. The maximum absolute atomic E-state index is 13.1. The van der Waals surface area contributed by atoms with Gasteiger partial charge < -0.3 is 0 Å². The number of rotatable bonds is 5. The Hall–Kier alpha value is -1.40. The zero-order valence-electron chi connectivity index (χ0n) is 11.4. The molecule has 2 aromatic carbocycles. The van der Waals surface area contributed by atoms with E-state index in [0.29, 0.717) is 5.69 Å². The van der Waals surface area contributed by atoms with Crippen molar-refractivity contribution in [3.63, 3.8) is 0 Å². The van der Waals surface area contributed by atoms with E-state index in [-0.39, 0.29) is 16.1 Å². The molecule has 6 heteroatoms. The van der Waals surface area contributed by atoms with Gasteiger partial charge >= 0.3 is 0 Å². The Morgan fingerprint density at radius 3 is 2.48 bits per heavy atom. The van der Waals surface area contributed by atoms with Crippen molar-refractivity contribution in [2.24, 2.45) is 0 Å². The largest absolute Gasteiger partial charge is 0.283 e. The van der Waals surface area contributed by atoms with Crippen LogP contribution in [0, 0.1) is 5.82 Å². The van der Waals surface area contributed by atoms with Crippen molar-refractivity contribution in [2.45, 2.75) is 12.8 Å². The van der Waals surface area contributed by atoms with Crippen LogP contribution < -0.4 is 4.72 Å². The molecule has 3 nitrogen and oxygen atoms in total. The van der Waals surface area contributed by atoms with Crippen molar-refractivity contribution in [2.75, 3.05) is 10.5 Å². The van der Waals surface area contributed by atoms with Crippen LogP contribution in [-0.2, 0) is 10.0 Å². The molecular weight excluding hydrogens is 357 g/mol. The first-order chi connectivity index (χ1) is 9.87. The molecule has 1 N–H and O–H groups in total. The Bertz CT molecular complexity index is 720. The van der Waals surface area contributed by atoms with Gasteiger partial charge in [0.05, 0.1) is 10.2 Å². The van der Waals surface area contributed by atoms with Crippen LogP contribution in [0.4, 0.5) is 10.1 Å². The maximum atomic E-state index is 13.1. The minimum absolute atomic E-state index is 0.0357. The first-order valence-corrected chi connectivity index (χ1v) is 8.82. The molecule has 2 aromatic rings. The van der Waals surface area contributed by atoms with E-state index in [4.69, 9.17) is 0 Å². The van der Waals surface area contributed by atoms with Crippen LogP contribution in [0.5, 0.6) is 0 Å². The van der Waals surface area contributed by atoms with Crippen LogP contribution in [0.25, 0.3) is 0 Å². The van der Waals surface area contributed by atoms with E-state index in [1.807, 2.05) is 37.3 Å². The van der Waals surface area contributed by atoms with Gasteiger partial charge in [-0.05, 0) is 45.6 Å². The fourth-order valence-electron chi connectivity index (χ4n) is 1.99. The zero-order valence-corrected chi connectivity index (χ0v) is 13.8. The summed E-state index contributed by atoms with van der Waals surface area (Å²) < 4.78 is 40.1. The van der Waals surface area contributed by atoms with Crippen molar-refractivity contribution < 1.29 is 12.8 Å². The van der Waals surface area contributed by atoms with E-state index < -0.39 is 15.8 Å². The first kappa shape index (κ1) is 16.0. The molecule has 0 aliphatic carbocycles. The second-order valence-electron chi connectivity index (χ2n) is 4.82. The van der Waals surface area contributed by atoms with Crippen LogP contribution in [-0.4, -0.2) is 14.2 Å². The molecule has 0 aromatic heterocycles. The molecular formula is C15H15BrFNO2S. The number of hydrogen-bond donors (Lipinski definition) is 1. The predicted octanol–water partition coefficient (Wildman–Crippen LogP) is 4.13. The van der Waals surface area contributed by atoms with Gasteiger partial charge in [0.2, 0.25) is 10.0 Å². The van der Waals surface area contributed by atoms with Crippen LogP contribution in [0.1, 0.15) is 18.4 Å². The molecule has 0 aliphatic heterocycles. The van der Waals surface area contributed by atoms with E-state index in [2.05, 4.69) is 20.7 Å². The second-order valence-corrected chi connectivity index (χ2v) is 7.45. The molecule has 2 rings (SSSR count). The standard InChI is InChI=1S/C15H15BrFNO2S/c1-11(12-5-3-2-4-6-12)10-21(19,20)18-13-7-8-15(17)14(16)9-13/h2-9,11,18H,10H2,1H3. The lowest BCUT2D eigenvalue weighted by atomic mass is 10.0. The fourth-order valence-corrected chi connectivity index (χ4v) is 3.79. The molecule has 0 saturated carbocycles. The molecule has 0 saturated heterocycles. The van der Waals surface area contributed by atoms with Gasteiger partial charge in [0.25, 0.3) is 0 Å². The summed E-state index contributed by atoms with van der Waals surface area (Å²) in [6.45, 7) is 1.86. The molecule has 0 amide bonds. The molecule has 0 spiro atoms. The second kappa shape index (κ2) is 6.58. The van der Waals surface area contributed by atoms with E-state index in [1.165, 1.54) is 18.2 Å². The summed E-state index contributed by atoms with van der Waals surface area (Å²) in [6, 6.07) is 13.4. The Balaban J connectivity index is 2.10. The molecule has 112 valence electrons. The summed E-state index contributed by atoms with van der Waals surface area (Å²) in [5.41, 5.74) is 1.30. The Labute approximate surface area is 132 Å². The monoisotopic (exact) mass is 371 g/mol. The molecule has 1 unspecified atom stereocenters. The van der Waals surface area contributed by atoms with Crippen molar-refractivity contribution in [3.05, 3.63) is 64.4 Å². The van der Waals surface area contributed by atoms with Gasteiger partial charge in [0, 0.05) is 5.69 Å². The lowest BCUT2D eigenvalue weighted by molar-refractivity contribution is 0.595. The lowest BCUT2D eigenvalue weighted by Gasteiger charge is -2.14. The van der Waals surface area contributed by atoms with Crippen molar-refractivity contribution in [3.8, 4) is 0 Å². The Morgan fingerprint density at radius 1 is 1.19 bits per heavy atom. The first-order valence-electron chi connectivity index (χ1n) is 6.38. The van der Waals surface area contributed by atoms with Gasteiger partial charge in [-0.1, -0.05) is 37.3 Å². The molecule has 21 heavy (non-hydrogen) atoms. The molecule has 0 aliphatic rings. The normalized spacial score (nSPS) is 12.9. The van der Waals surface area contributed by atoms with E-state index in [1.54, 1.807) is 0 Å². The Kier molecular flexibility index (Phi) is 5.00. The van der Waals surface area contributed by atoms with Gasteiger partial charge in [0.15, 0.2) is 0 Å². The number of sulfonamides is 1. The summed E-state index contributed by atoms with van der Waals surface area (Å²) in [5.74, 6) is -0.602. The van der Waals surface area contributed by atoms with Gasteiger partial charge in [-0.3, -0.25) is 4.72 Å². The molecule has 0 heterocycles. The van der Waals surface area contributed by atoms with Crippen LogP contribution in [0.3, 0.4) is 0 Å². The van der Waals surface area contributed by atoms with Crippen molar-refractivity contribution in [1.82, 2.24) is 0 Å². The zero-order chi connectivity index (χ0) is 15.5. The van der Waals surface area contributed by atoms with Crippen LogP contribution in [0.2, 0.25) is 0 Å². The summed E-state index contributed by atoms with van der Waals surface area (Å²) in [7, 11) is -3.50. The quantitative estimate of drug-likeness (QED) is 0.858. The van der Waals surface area contributed by atoms with Gasteiger partial charge in [-0.2, -0.15) is 0 Å². The van der Waals surface area contributed by atoms with E-state index in [9.17, 15) is 12.8 Å². The van der Waals surface area contributed by atoms with E-state index in [0.717, 1.165) is 5.56 Å². The highest BCUT2D eigenvalue weighted by Crippen LogP contribution is 2.22. The smallest absolute Gasteiger partial charge is 0.233 e. The number of anilines is 1. The van der Waals surface area contributed by atoms with Gasteiger partial charge in [-0.15, -0.1) is 0 Å². The average molecular weight is 372 g/mol. The highest BCUT2D eigenvalue weighted by Gasteiger charge is 2.17. The summed E-state index contributed by atoms with van der Waals surface area (Å²) in [6.07, 6.45) is 0. The van der Waals surface area contributed by atoms with E-state index >= 15 is 0 Å². The maximum Gasteiger partial charge on any atom is 0.233 e. The third kappa shape index (κ3) is 4.54. The third-order valence-corrected chi connectivity index (χ3v) is 5.12. The molecule has 0 fully saturated rings. The topological polar surface area (TPSA) is 46.2 Å². The highest BCUT2D eigenvalue weighted by atomic mass is 79.9. The number of benzene rings is 2.